The van der Waals surface area contributed by atoms with Crippen molar-refractivity contribution in [1.82, 2.24) is 15.3 Å². The average molecular weight is 329 g/mol. The summed E-state index contributed by atoms with van der Waals surface area (Å²) in [7, 11) is 0. The molecule has 2 N–H and O–H groups in total. The van der Waals surface area contributed by atoms with Gasteiger partial charge in [0.15, 0.2) is 17.3 Å². The van der Waals surface area contributed by atoms with E-state index in [1.807, 2.05) is 18.2 Å². The highest BCUT2D eigenvalue weighted by atomic mass is 16.7. The van der Waals surface area contributed by atoms with Crippen LogP contribution < -0.4 is 19.5 Å². The van der Waals surface area contributed by atoms with E-state index in [0.29, 0.717) is 5.82 Å². The minimum Gasteiger partial charge on any atom is -0.490 e. The number of ether oxygens (including phenoxy) is 3. The molecule has 0 atom stereocenters. The van der Waals surface area contributed by atoms with Crippen LogP contribution in [0.1, 0.15) is 36.3 Å². The van der Waals surface area contributed by atoms with Crippen molar-refractivity contribution in [2.24, 2.45) is 0 Å². The zero-order chi connectivity index (χ0) is 16.4. The molecule has 0 saturated heterocycles. The lowest BCUT2D eigenvalue weighted by atomic mass is 9.93. The van der Waals surface area contributed by atoms with Crippen molar-refractivity contribution in [1.29, 1.82) is 0 Å². The zero-order valence-electron chi connectivity index (χ0n) is 13.2. The quantitative estimate of drug-likeness (QED) is 0.899. The second kappa shape index (κ2) is 6.43. The van der Waals surface area contributed by atoms with E-state index < -0.39 is 0 Å². The van der Waals surface area contributed by atoms with E-state index in [-0.39, 0.29) is 24.8 Å². The first-order chi connectivity index (χ1) is 11.8. The molecule has 1 aromatic carbocycles. The molecule has 1 fully saturated rings. The van der Waals surface area contributed by atoms with E-state index >= 15 is 0 Å². The molecule has 24 heavy (non-hydrogen) atoms. The van der Waals surface area contributed by atoms with Crippen LogP contribution in [0, 0.1) is 0 Å². The highest BCUT2D eigenvalue weighted by Gasteiger charge is 2.25. The molecule has 2 aromatic rings. The van der Waals surface area contributed by atoms with E-state index in [1.165, 1.54) is 0 Å². The topological polar surface area (TPSA) is 85.5 Å². The van der Waals surface area contributed by atoms with Crippen molar-refractivity contribution in [2.45, 2.75) is 37.8 Å². The van der Waals surface area contributed by atoms with Gasteiger partial charge in [-0.15, -0.1) is 0 Å². The summed E-state index contributed by atoms with van der Waals surface area (Å²) in [4.78, 5) is 18.8. The Kier molecular flexibility index (Phi) is 3.98. The summed E-state index contributed by atoms with van der Waals surface area (Å²) >= 11 is 0. The second-order valence-electron chi connectivity index (χ2n) is 6.02. The van der Waals surface area contributed by atoms with Crippen LogP contribution >= 0.6 is 0 Å². The minimum absolute atomic E-state index is 0.153. The van der Waals surface area contributed by atoms with Gasteiger partial charge in [-0.05, 0) is 37.8 Å². The van der Waals surface area contributed by atoms with Crippen molar-refractivity contribution in [3.8, 4) is 17.2 Å². The number of hydrogen-bond donors (Lipinski definition) is 2. The second-order valence-corrected chi connectivity index (χ2v) is 6.02. The monoisotopic (exact) mass is 329 g/mol. The number of imidazole rings is 1. The lowest BCUT2D eigenvalue weighted by molar-refractivity contribution is 0.0884. The Hall–Kier alpha value is -2.70. The number of hydrogen-bond acceptors (Lipinski definition) is 5. The molecular formula is C17H19N3O4. The Morgan fingerprint density at radius 2 is 2.04 bits per heavy atom. The van der Waals surface area contributed by atoms with E-state index in [0.717, 1.165) is 42.9 Å². The van der Waals surface area contributed by atoms with Gasteiger partial charge in [-0.1, -0.05) is 0 Å². The van der Waals surface area contributed by atoms with Crippen molar-refractivity contribution in [3.63, 3.8) is 0 Å². The number of carbonyl (C=O) groups is 1. The maximum absolute atomic E-state index is 12.0. The molecule has 0 bridgehead atoms. The van der Waals surface area contributed by atoms with Crippen LogP contribution in [-0.4, -0.2) is 34.8 Å². The summed E-state index contributed by atoms with van der Waals surface area (Å²) < 4.78 is 16.7. The molecule has 0 unspecified atom stereocenters. The molecule has 1 aliphatic heterocycles. The third-order valence-electron chi connectivity index (χ3n) is 4.37. The fourth-order valence-corrected chi connectivity index (χ4v) is 3.11. The number of nitrogens with zero attached hydrogens (tertiary/aromatic N) is 1. The van der Waals surface area contributed by atoms with Gasteiger partial charge in [0.1, 0.15) is 5.75 Å². The molecule has 2 heterocycles. The van der Waals surface area contributed by atoms with Crippen molar-refractivity contribution in [3.05, 3.63) is 36.4 Å². The van der Waals surface area contributed by atoms with Crippen LogP contribution in [0.4, 0.5) is 0 Å². The smallest absolute Gasteiger partial charge is 0.287 e. The van der Waals surface area contributed by atoms with Crippen LogP contribution in [-0.2, 0) is 0 Å². The summed E-state index contributed by atoms with van der Waals surface area (Å²) in [5.74, 6) is 2.48. The first-order valence-electron chi connectivity index (χ1n) is 8.14. The van der Waals surface area contributed by atoms with Gasteiger partial charge in [0, 0.05) is 24.5 Å². The normalized spacial score (nSPS) is 22.2. The summed E-state index contributed by atoms with van der Waals surface area (Å²) in [6.45, 7) is 0.263. The Balaban J connectivity index is 1.28. The molecule has 126 valence electrons. The van der Waals surface area contributed by atoms with Gasteiger partial charge in [-0.2, -0.15) is 0 Å². The first kappa shape index (κ1) is 14.9. The van der Waals surface area contributed by atoms with Crippen LogP contribution in [0.25, 0.3) is 0 Å². The Labute approximate surface area is 139 Å². The predicted octanol–water partition coefficient (Wildman–Crippen LogP) is 2.26. The van der Waals surface area contributed by atoms with E-state index in [4.69, 9.17) is 14.2 Å². The van der Waals surface area contributed by atoms with E-state index in [2.05, 4.69) is 15.3 Å². The molecule has 0 radical (unpaired) electrons. The summed E-state index contributed by atoms with van der Waals surface area (Å²) in [5, 5.41) is 3.01. The maximum atomic E-state index is 12.0. The molecular weight excluding hydrogens is 310 g/mol. The predicted molar refractivity (Wildman–Crippen MR) is 85.3 cm³/mol. The molecule has 1 saturated carbocycles. The highest BCUT2D eigenvalue weighted by molar-refractivity contribution is 5.90. The van der Waals surface area contributed by atoms with Crippen molar-refractivity contribution >= 4 is 5.91 Å². The molecule has 0 spiro atoms. The summed E-state index contributed by atoms with van der Waals surface area (Å²) in [6, 6.07) is 5.80. The van der Waals surface area contributed by atoms with Gasteiger partial charge in [0.25, 0.3) is 5.91 Å². The lowest BCUT2D eigenvalue weighted by Gasteiger charge is -2.29. The number of fused-ring (bicyclic) bond motifs is 1. The highest BCUT2D eigenvalue weighted by Crippen LogP contribution is 2.36. The largest absolute Gasteiger partial charge is 0.490 e. The standard InChI is InChI=1S/C17H19N3O4/c21-17(16-18-7-8-19-16)20-11-1-3-12(4-2-11)24-13-5-6-14-15(9-13)23-10-22-14/h5-9,11-12H,1-4,10H2,(H,18,19)(H,20,21). The molecule has 1 aromatic heterocycles. The van der Waals surface area contributed by atoms with Crippen molar-refractivity contribution in [2.75, 3.05) is 6.79 Å². The fraction of sp³-hybridized carbons (Fsp3) is 0.412. The number of benzene rings is 1. The number of aromatic amines is 1. The van der Waals surface area contributed by atoms with Gasteiger partial charge in [-0.3, -0.25) is 4.79 Å². The van der Waals surface area contributed by atoms with Gasteiger partial charge in [-0.25, -0.2) is 4.98 Å². The van der Waals surface area contributed by atoms with Crippen LogP contribution in [0.3, 0.4) is 0 Å². The molecule has 4 rings (SSSR count). The molecule has 7 nitrogen and oxygen atoms in total. The molecule has 7 heteroatoms. The van der Waals surface area contributed by atoms with Gasteiger partial charge < -0.3 is 24.5 Å². The van der Waals surface area contributed by atoms with Gasteiger partial charge >= 0.3 is 0 Å². The van der Waals surface area contributed by atoms with Crippen molar-refractivity contribution < 1.29 is 19.0 Å². The van der Waals surface area contributed by atoms with Gasteiger partial charge in [0.2, 0.25) is 6.79 Å². The minimum atomic E-state index is -0.153. The number of nitrogens with one attached hydrogen (secondary N) is 2. The van der Waals surface area contributed by atoms with Gasteiger partial charge in [0.05, 0.1) is 6.10 Å². The first-order valence-corrected chi connectivity index (χ1v) is 8.14. The third kappa shape index (κ3) is 3.15. The average Bonchev–Trinajstić information content (AvgIpc) is 3.27. The zero-order valence-corrected chi connectivity index (χ0v) is 13.2. The van der Waals surface area contributed by atoms with Crippen LogP contribution in [0.5, 0.6) is 17.2 Å². The fourth-order valence-electron chi connectivity index (χ4n) is 3.11. The number of carbonyl (C=O) groups excluding carboxylic acids is 1. The number of H-pyrrole nitrogens is 1. The number of rotatable bonds is 4. The molecule has 1 amide bonds. The van der Waals surface area contributed by atoms with E-state index in [1.54, 1.807) is 12.4 Å². The molecule has 2 aliphatic rings. The summed E-state index contributed by atoms with van der Waals surface area (Å²) in [6.07, 6.45) is 6.95. The number of aromatic nitrogens is 2. The third-order valence-corrected chi connectivity index (χ3v) is 4.37. The van der Waals surface area contributed by atoms with Crippen LogP contribution in [0.2, 0.25) is 0 Å². The van der Waals surface area contributed by atoms with E-state index in [9.17, 15) is 4.79 Å². The Morgan fingerprint density at radius 1 is 1.21 bits per heavy atom. The van der Waals surface area contributed by atoms with Crippen LogP contribution in [0.15, 0.2) is 30.6 Å². The Morgan fingerprint density at radius 3 is 2.83 bits per heavy atom. The number of amides is 1. The Bertz CT molecular complexity index is 709. The lowest BCUT2D eigenvalue weighted by Crippen LogP contribution is -2.40. The maximum Gasteiger partial charge on any atom is 0.287 e. The summed E-state index contributed by atoms with van der Waals surface area (Å²) in [5.41, 5.74) is 0. The SMILES string of the molecule is O=C(NC1CCC(Oc2ccc3c(c2)OCO3)CC1)c1ncc[nH]1. The molecule has 1 aliphatic carbocycles.